The molecule has 0 aliphatic carbocycles. The molecular weight excluding hydrogens is 623 g/mol. The topological polar surface area (TPSA) is 35.9 Å². The number of hydrogen-bond donors (Lipinski definition) is 0. The molecule has 0 radical (unpaired) electrons. The Hall–Kier alpha value is -6.39. The summed E-state index contributed by atoms with van der Waals surface area (Å²) in [6.45, 7) is 6.84. The highest BCUT2D eigenvalue weighted by Gasteiger charge is 2.21. The van der Waals surface area contributed by atoms with Crippen LogP contribution in [0.25, 0.3) is 88.7 Å². The van der Waals surface area contributed by atoms with E-state index in [9.17, 15) is 0 Å². The maximum atomic E-state index is 6.48. The molecule has 51 heavy (non-hydrogen) atoms. The van der Waals surface area contributed by atoms with Crippen LogP contribution >= 0.6 is 0 Å². The van der Waals surface area contributed by atoms with Crippen LogP contribution in [0.3, 0.4) is 0 Å². The Morgan fingerprint density at radius 1 is 0.490 bits per heavy atom. The van der Waals surface area contributed by atoms with Gasteiger partial charge in [0.05, 0.1) is 22.1 Å². The van der Waals surface area contributed by atoms with Gasteiger partial charge in [-0.1, -0.05) is 112 Å². The van der Waals surface area contributed by atoms with Crippen LogP contribution in [0.2, 0.25) is 0 Å². The van der Waals surface area contributed by atoms with Crippen molar-refractivity contribution in [2.24, 2.45) is 0 Å². The Balaban J connectivity index is 1.20. The van der Waals surface area contributed by atoms with Gasteiger partial charge in [-0.25, -0.2) is 4.98 Å². The van der Waals surface area contributed by atoms with Gasteiger partial charge in [0.15, 0.2) is 0 Å². The lowest BCUT2D eigenvalue weighted by Gasteiger charge is -2.19. The minimum atomic E-state index is 0.0104. The molecule has 4 nitrogen and oxygen atoms in total. The predicted octanol–water partition coefficient (Wildman–Crippen LogP) is 12.7. The Kier molecular flexibility index (Phi) is 6.40. The smallest absolute Gasteiger partial charge is 0.145 e. The molecule has 10 aromatic rings. The minimum Gasteiger partial charge on any atom is -0.455 e. The van der Waals surface area contributed by atoms with Gasteiger partial charge in [-0.3, -0.25) is 4.57 Å². The molecule has 0 unspecified atom stereocenters. The van der Waals surface area contributed by atoms with E-state index in [2.05, 4.69) is 175 Å². The summed E-state index contributed by atoms with van der Waals surface area (Å²) in [5, 5.41) is 4.73. The first-order chi connectivity index (χ1) is 24.9. The van der Waals surface area contributed by atoms with Crippen molar-refractivity contribution in [3.8, 4) is 33.9 Å². The molecule has 244 valence electrons. The van der Waals surface area contributed by atoms with E-state index in [1.807, 2.05) is 12.1 Å². The van der Waals surface area contributed by atoms with E-state index in [1.165, 1.54) is 21.9 Å². The van der Waals surface area contributed by atoms with E-state index in [4.69, 9.17) is 9.40 Å². The predicted molar refractivity (Wildman–Crippen MR) is 212 cm³/mol. The van der Waals surface area contributed by atoms with Crippen molar-refractivity contribution in [3.05, 3.63) is 163 Å². The van der Waals surface area contributed by atoms with E-state index in [0.717, 1.165) is 72.4 Å². The largest absolute Gasteiger partial charge is 0.455 e. The molecule has 0 bridgehead atoms. The molecule has 0 spiro atoms. The molecule has 0 saturated heterocycles. The maximum absolute atomic E-state index is 6.48. The maximum Gasteiger partial charge on any atom is 0.145 e. The number of para-hydroxylation sites is 5. The highest BCUT2D eigenvalue weighted by Crippen LogP contribution is 2.41. The zero-order valence-corrected chi connectivity index (χ0v) is 28.8. The van der Waals surface area contributed by atoms with Crippen LogP contribution in [0.5, 0.6) is 0 Å². The first kappa shape index (κ1) is 29.5. The summed E-state index contributed by atoms with van der Waals surface area (Å²) in [6, 6.07) is 56.3. The second-order valence-corrected chi connectivity index (χ2v) is 14.5. The molecule has 0 amide bonds. The molecule has 0 N–H and O–H groups in total. The summed E-state index contributed by atoms with van der Waals surface area (Å²) in [5.74, 6) is 0.918. The molecule has 0 aliphatic rings. The van der Waals surface area contributed by atoms with Gasteiger partial charge in [0, 0.05) is 44.0 Å². The van der Waals surface area contributed by atoms with Gasteiger partial charge in [0.1, 0.15) is 17.0 Å². The van der Waals surface area contributed by atoms with Crippen LogP contribution in [0.4, 0.5) is 0 Å². The highest BCUT2D eigenvalue weighted by molar-refractivity contribution is 6.13. The molecule has 0 saturated carbocycles. The van der Waals surface area contributed by atoms with Crippen LogP contribution in [-0.4, -0.2) is 14.1 Å². The van der Waals surface area contributed by atoms with Crippen molar-refractivity contribution in [1.82, 2.24) is 14.1 Å². The number of aromatic nitrogens is 3. The van der Waals surface area contributed by atoms with Gasteiger partial charge in [0.2, 0.25) is 0 Å². The number of rotatable bonds is 4. The van der Waals surface area contributed by atoms with E-state index in [0.29, 0.717) is 0 Å². The average molecular weight is 658 g/mol. The summed E-state index contributed by atoms with van der Waals surface area (Å²) in [5.41, 5.74) is 13.0. The van der Waals surface area contributed by atoms with Crippen molar-refractivity contribution in [3.63, 3.8) is 0 Å². The minimum absolute atomic E-state index is 0.0104. The number of imidazole rings is 1. The van der Waals surface area contributed by atoms with Gasteiger partial charge < -0.3 is 8.98 Å². The third-order valence-electron chi connectivity index (χ3n) is 10.3. The van der Waals surface area contributed by atoms with Crippen LogP contribution in [0, 0.1) is 0 Å². The lowest BCUT2D eigenvalue weighted by molar-refractivity contribution is 0.591. The third kappa shape index (κ3) is 4.64. The summed E-state index contributed by atoms with van der Waals surface area (Å²) in [6.07, 6.45) is 0. The zero-order chi connectivity index (χ0) is 34.3. The number of hydrogen-bond acceptors (Lipinski definition) is 2. The summed E-state index contributed by atoms with van der Waals surface area (Å²) in [7, 11) is 0. The normalized spacial score (nSPS) is 12.2. The van der Waals surface area contributed by atoms with Crippen molar-refractivity contribution >= 4 is 54.8 Å². The van der Waals surface area contributed by atoms with Crippen LogP contribution in [-0.2, 0) is 5.41 Å². The van der Waals surface area contributed by atoms with Crippen molar-refractivity contribution < 1.29 is 4.42 Å². The summed E-state index contributed by atoms with van der Waals surface area (Å²) < 4.78 is 11.2. The SMILES string of the molecule is CC(C)(C)c1ccc2c(c1)c1cc(-c3cccc4c3oc3ccccc34)ccc1n2-c1cccc(-c2nc3ccccc3n2-c2ccccc2)c1. The van der Waals surface area contributed by atoms with Gasteiger partial charge in [-0.05, 0) is 83.3 Å². The van der Waals surface area contributed by atoms with Crippen molar-refractivity contribution in [2.45, 2.75) is 26.2 Å². The first-order valence-corrected chi connectivity index (χ1v) is 17.6. The fraction of sp³-hybridized carbons (Fsp3) is 0.0851. The number of nitrogens with zero attached hydrogens (tertiary/aromatic N) is 3. The van der Waals surface area contributed by atoms with Crippen molar-refractivity contribution in [2.75, 3.05) is 0 Å². The second kappa shape index (κ2) is 11.1. The lowest BCUT2D eigenvalue weighted by atomic mass is 9.86. The van der Waals surface area contributed by atoms with E-state index in [1.54, 1.807) is 0 Å². The Labute approximate surface area is 295 Å². The first-order valence-electron chi connectivity index (χ1n) is 17.6. The van der Waals surface area contributed by atoms with Gasteiger partial charge in [0.25, 0.3) is 0 Å². The Morgan fingerprint density at radius 2 is 1.20 bits per heavy atom. The Bertz CT molecular complexity index is 2950. The molecule has 7 aromatic carbocycles. The van der Waals surface area contributed by atoms with Crippen molar-refractivity contribution in [1.29, 1.82) is 0 Å². The molecular formula is C47H35N3O. The monoisotopic (exact) mass is 657 g/mol. The van der Waals surface area contributed by atoms with E-state index in [-0.39, 0.29) is 5.41 Å². The van der Waals surface area contributed by atoms with Gasteiger partial charge in [-0.2, -0.15) is 0 Å². The standard InChI is InChI=1S/C47H35N3O/c1-47(2,3)32-24-26-42-39(29-32)38-28-30(35-18-12-19-37-36-17-7-10-22-44(36)51-45(35)37)23-25-41(38)49(42)34-16-11-13-31(27-34)46-48-40-20-8-9-21-43(40)50(46)33-14-5-4-6-15-33/h4-29H,1-3H3. The average Bonchev–Trinajstić information content (AvgIpc) is 3.84. The van der Waals surface area contributed by atoms with Crippen LogP contribution in [0.1, 0.15) is 26.3 Å². The molecule has 0 fully saturated rings. The van der Waals surface area contributed by atoms with Crippen LogP contribution in [0.15, 0.2) is 162 Å². The van der Waals surface area contributed by atoms with E-state index < -0.39 is 0 Å². The summed E-state index contributed by atoms with van der Waals surface area (Å²) >= 11 is 0. The molecule has 3 heterocycles. The highest BCUT2D eigenvalue weighted by atomic mass is 16.3. The fourth-order valence-electron chi connectivity index (χ4n) is 7.75. The third-order valence-corrected chi connectivity index (χ3v) is 10.3. The number of benzene rings is 7. The fourth-order valence-corrected chi connectivity index (χ4v) is 7.75. The second-order valence-electron chi connectivity index (χ2n) is 14.5. The van der Waals surface area contributed by atoms with Gasteiger partial charge in [-0.15, -0.1) is 0 Å². The lowest BCUT2D eigenvalue weighted by Crippen LogP contribution is -2.10. The molecule has 0 aliphatic heterocycles. The summed E-state index contributed by atoms with van der Waals surface area (Å²) in [4.78, 5) is 5.18. The van der Waals surface area contributed by atoms with Gasteiger partial charge >= 0.3 is 0 Å². The number of furan rings is 1. The quantitative estimate of drug-likeness (QED) is 0.189. The molecule has 10 rings (SSSR count). The van der Waals surface area contributed by atoms with E-state index >= 15 is 0 Å². The van der Waals surface area contributed by atoms with Crippen LogP contribution < -0.4 is 0 Å². The zero-order valence-electron chi connectivity index (χ0n) is 28.8. The molecule has 3 aromatic heterocycles. The number of fused-ring (bicyclic) bond motifs is 7. The molecule has 0 atom stereocenters. The Morgan fingerprint density at radius 3 is 2.06 bits per heavy atom. The molecule has 4 heteroatoms.